The minimum atomic E-state index is -0.0310. The Morgan fingerprint density at radius 3 is 2.15 bits per heavy atom. The van der Waals surface area contributed by atoms with Gasteiger partial charge in [0.2, 0.25) is 11.8 Å². The Labute approximate surface area is 160 Å². The molecule has 27 heavy (non-hydrogen) atoms. The van der Waals surface area contributed by atoms with Gasteiger partial charge in [0.15, 0.2) is 0 Å². The van der Waals surface area contributed by atoms with Crippen LogP contribution in [0.4, 0.5) is 11.4 Å². The fraction of sp³-hybridized carbons (Fsp3) is 0.364. The molecule has 5 nitrogen and oxygen atoms in total. The van der Waals surface area contributed by atoms with Crippen LogP contribution < -0.4 is 10.6 Å². The van der Waals surface area contributed by atoms with E-state index in [4.69, 9.17) is 0 Å². The molecule has 0 aromatic heterocycles. The van der Waals surface area contributed by atoms with Crippen LogP contribution in [-0.2, 0) is 9.59 Å². The van der Waals surface area contributed by atoms with Crippen LogP contribution in [-0.4, -0.2) is 29.8 Å². The molecular formula is C22H27N3O2. The standard InChI is InChI=1S/C22H27N3O2/c1-16(18-6-4-3-5-7-18)23-20-8-10-21(11-9-20)24-22(27)19-12-14-25(15-13-19)17(2)26/h3-11,16,19,23H,12-15H2,1-2H3,(H,24,27)/t16-/m1/s1. The summed E-state index contributed by atoms with van der Waals surface area (Å²) >= 11 is 0. The number of likely N-dealkylation sites (tertiary alicyclic amines) is 1. The molecule has 1 fully saturated rings. The van der Waals surface area contributed by atoms with Crippen LogP contribution in [0.25, 0.3) is 0 Å². The normalized spacial score (nSPS) is 15.9. The Morgan fingerprint density at radius 1 is 0.963 bits per heavy atom. The molecule has 5 heteroatoms. The average Bonchev–Trinajstić information content (AvgIpc) is 2.70. The van der Waals surface area contributed by atoms with E-state index in [2.05, 4.69) is 29.7 Å². The molecule has 1 saturated heterocycles. The largest absolute Gasteiger partial charge is 0.379 e. The van der Waals surface area contributed by atoms with Crippen molar-refractivity contribution in [2.45, 2.75) is 32.7 Å². The molecule has 0 bridgehead atoms. The molecule has 1 aliphatic heterocycles. The molecule has 0 aliphatic carbocycles. The highest BCUT2D eigenvalue weighted by Gasteiger charge is 2.25. The maximum Gasteiger partial charge on any atom is 0.227 e. The van der Waals surface area contributed by atoms with Crippen LogP contribution in [0.3, 0.4) is 0 Å². The number of rotatable bonds is 5. The summed E-state index contributed by atoms with van der Waals surface area (Å²) in [6.07, 6.45) is 1.44. The summed E-state index contributed by atoms with van der Waals surface area (Å²) in [6.45, 7) is 5.02. The van der Waals surface area contributed by atoms with Crippen molar-refractivity contribution in [1.29, 1.82) is 0 Å². The molecule has 1 heterocycles. The van der Waals surface area contributed by atoms with Gasteiger partial charge in [0.1, 0.15) is 0 Å². The summed E-state index contributed by atoms with van der Waals surface area (Å²) in [7, 11) is 0. The minimum absolute atomic E-state index is 0.0310. The summed E-state index contributed by atoms with van der Waals surface area (Å²) in [5.41, 5.74) is 3.04. The Balaban J connectivity index is 1.52. The number of anilines is 2. The van der Waals surface area contributed by atoms with Crippen molar-refractivity contribution in [2.24, 2.45) is 5.92 Å². The topological polar surface area (TPSA) is 61.4 Å². The maximum absolute atomic E-state index is 12.5. The Hall–Kier alpha value is -2.82. The van der Waals surface area contributed by atoms with Gasteiger partial charge in [0.25, 0.3) is 0 Å². The lowest BCUT2D eigenvalue weighted by molar-refractivity contribution is -0.132. The number of nitrogens with one attached hydrogen (secondary N) is 2. The Morgan fingerprint density at radius 2 is 1.56 bits per heavy atom. The third-order valence-corrected chi connectivity index (χ3v) is 5.15. The highest BCUT2D eigenvalue weighted by Crippen LogP contribution is 2.22. The van der Waals surface area contributed by atoms with Crippen molar-refractivity contribution in [2.75, 3.05) is 23.7 Å². The lowest BCUT2D eigenvalue weighted by Crippen LogP contribution is -2.40. The van der Waals surface area contributed by atoms with Crippen LogP contribution in [0.5, 0.6) is 0 Å². The number of carbonyl (C=O) groups excluding carboxylic acids is 2. The maximum atomic E-state index is 12.5. The molecule has 0 saturated carbocycles. The molecule has 0 unspecified atom stereocenters. The zero-order valence-corrected chi connectivity index (χ0v) is 15.9. The van der Waals surface area contributed by atoms with Crippen molar-refractivity contribution in [3.63, 3.8) is 0 Å². The van der Waals surface area contributed by atoms with Crippen LogP contribution in [0.15, 0.2) is 54.6 Å². The lowest BCUT2D eigenvalue weighted by atomic mass is 9.96. The van der Waals surface area contributed by atoms with E-state index in [0.717, 1.165) is 24.2 Å². The first-order valence-corrected chi connectivity index (χ1v) is 9.51. The molecule has 1 atom stereocenters. The van der Waals surface area contributed by atoms with Gasteiger partial charge >= 0.3 is 0 Å². The van der Waals surface area contributed by atoms with Gasteiger partial charge in [-0.15, -0.1) is 0 Å². The van der Waals surface area contributed by atoms with E-state index in [0.29, 0.717) is 13.1 Å². The Bertz CT molecular complexity index is 766. The van der Waals surface area contributed by atoms with Gasteiger partial charge in [0, 0.05) is 43.3 Å². The zero-order chi connectivity index (χ0) is 19.2. The first-order valence-electron chi connectivity index (χ1n) is 9.51. The fourth-order valence-corrected chi connectivity index (χ4v) is 3.43. The van der Waals surface area contributed by atoms with E-state index in [1.165, 1.54) is 5.56 Å². The molecule has 1 aliphatic rings. The van der Waals surface area contributed by atoms with E-state index in [1.54, 1.807) is 11.8 Å². The highest BCUT2D eigenvalue weighted by molar-refractivity contribution is 5.92. The molecule has 142 valence electrons. The van der Waals surface area contributed by atoms with Crippen molar-refractivity contribution < 1.29 is 9.59 Å². The minimum Gasteiger partial charge on any atom is -0.379 e. The smallest absolute Gasteiger partial charge is 0.227 e. The molecule has 2 N–H and O–H groups in total. The van der Waals surface area contributed by atoms with Crippen molar-refractivity contribution >= 4 is 23.2 Å². The predicted molar refractivity (Wildman–Crippen MR) is 109 cm³/mol. The van der Waals surface area contributed by atoms with E-state index in [9.17, 15) is 9.59 Å². The Kier molecular flexibility index (Phi) is 6.12. The van der Waals surface area contributed by atoms with Gasteiger partial charge in [-0.1, -0.05) is 30.3 Å². The molecule has 3 rings (SSSR count). The summed E-state index contributed by atoms with van der Waals surface area (Å²) in [6, 6.07) is 18.3. The van der Waals surface area contributed by atoms with Gasteiger partial charge in [-0.25, -0.2) is 0 Å². The number of hydrogen-bond donors (Lipinski definition) is 2. The van der Waals surface area contributed by atoms with Crippen LogP contribution in [0.2, 0.25) is 0 Å². The molecule has 2 aromatic rings. The van der Waals surface area contributed by atoms with Crippen LogP contribution in [0.1, 0.15) is 38.3 Å². The second-order valence-electron chi connectivity index (χ2n) is 7.12. The quantitative estimate of drug-likeness (QED) is 0.840. The van der Waals surface area contributed by atoms with Crippen LogP contribution in [0, 0.1) is 5.92 Å². The molecular weight excluding hydrogens is 338 g/mol. The van der Waals surface area contributed by atoms with Crippen molar-refractivity contribution in [3.05, 3.63) is 60.2 Å². The highest BCUT2D eigenvalue weighted by atomic mass is 16.2. The average molecular weight is 365 g/mol. The fourth-order valence-electron chi connectivity index (χ4n) is 3.43. The van der Waals surface area contributed by atoms with Crippen molar-refractivity contribution in [1.82, 2.24) is 4.90 Å². The van der Waals surface area contributed by atoms with Gasteiger partial charge in [-0.05, 0) is 49.6 Å². The molecule has 2 amide bonds. The van der Waals surface area contributed by atoms with Gasteiger partial charge in [0.05, 0.1) is 0 Å². The monoisotopic (exact) mass is 365 g/mol. The lowest BCUT2D eigenvalue weighted by Gasteiger charge is -2.30. The summed E-state index contributed by atoms with van der Waals surface area (Å²) in [5.74, 6) is 0.0924. The second kappa shape index (κ2) is 8.71. The number of piperidine rings is 1. The van der Waals surface area contributed by atoms with E-state index >= 15 is 0 Å². The third-order valence-electron chi connectivity index (χ3n) is 5.15. The van der Waals surface area contributed by atoms with E-state index < -0.39 is 0 Å². The number of benzene rings is 2. The second-order valence-corrected chi connectivity index (χ2v) is 7.12. The van der Waals surface area contributed by atoms with E-state index in [-0.39, 0.29) is 23.8 Å². The van der Waals surface area contributed by atoms with Gasteiger partial charge in [-0.3, -0.25) is 9.59 Å². The summed E-state index contributed by atoms with van der Waals surface area (Å²) in [5, 5.41) is 6.47. The van der Waals surface area contributed by atoms with Crippen molar-refractivity contribution in [3.8, 4) is 0 Å². The molecule has 0 radical (unpaired) electrons. The summed E-state index contributed by atoms with van der Waals surface area (Å²) in [4.78, 5) is 25.6. The van der Waals surface area contributed by atoms with E-state index in [1.807, 2.05) is 42.5 Å². The van der Waals surface area contributed by atoms with Gasteiger partial charge < -0.3 is 15.5 Å². The van der Waals surface area contributed by atoms with Crippen LogP contribution >= 0.6 is 0 Å². The number of amides is 2. The third kappa shape index (κ3) is 5.09. The molecule has 0 spiro atoms. The molecule has 2 aromatic carbocycles. The SMILES string of the molecule is CC(=O)N1CCC(C(=O)Nc2ccc(N[C@H](C)c3ccccc3)cc2)CC1. The predicted octanol–water partition coefficient (Wildman–Crippen LogP) is 4.06. The number of carbonyl (C=O) groups is 2. The van der Waals surface area contributed by atoms with Gasteiger partial charge in [-0.2, -0.15) is 0 Å². The first-order chi connectivity index (χ1) is 13.0. The number of nitrogens with zero attached hydrogens (tertiary/aromatic N) is 1. The summed E-state index contributed by atoms with van der Waals surface area (Å²) < 4.78 is 0. The first kappa shape index (κ1) is 19.0. The zero-order valence-electron chi connectivity index (χ0n) is 15.9. The number of hydrogen-bond acceptors (Lipinski definition) is 3.